The van der Waals surface area contributed by atoms with Gasteiger partial charge in [0, 0.05) is 35.2 Å². The summed E-state index contributed by atoms with van der Waals surface area (Å²) in [6.45, 7) is 2.14. The molecule has 3 aliphatic rings. The van der Waals surface area contributed by atoms with Gasteiger partial charge in [-0.25, -0.2) is 15.0 Å². The smallest absolute Gasteiger partial charge is 0.277 e. The first-order valence-electron chi connectivity index (χ1n) is 13.4. The van der Waals surface area contributed by atoms with E-state index in [1.807, 2.05) is 41.3 Å². The number of pyridine rings is 1. The molecule has 2 aromatic carbocycles. The summed E-state index contributed by atoms with van der Waals surface area (Å²) in [7, 11) is 0. The molecule has 0 saturated carbocycles. The quantitative estimate of drug-likeness (QED) is 0.388. The second-order valence-corrected chi connectivity index (χ2v) is 10.6. The number of hydrogen-bond donors (Lipinski definition) is 2. The molecule has 8 heteroatoms. The summed E-state index contributed by atoms with van der Waals surface area (Å²) in [5.74, 6) is 1.10. The van der Waals surface area contributed by atoms with E-state index < -0.39 is 5.41 Å². The predicted molar refractivity (Wildman–Crippen MR) is 149 cm³/mol. The van der Waals surface area contributed by atoms with E-state index in [-0.39, 0.29) is 17.9 Å². The molecule has 0 fully saturated rings. The fourth-order valence-electron chi connectivity index (χ4n) is 6.46. The van der Waals surface area contributed by atoms with Gasteiger partial charge >= 0.3 is 0 Å². The van der Waals surface area contributed by atoms with Crippen molar-refractivity contribution in [2.24, 2.45) is 0 Å². The summed E-state index contributed by atoms with van der Waals surface area (Å²) in [5, 5.41) is 6.31. The van der Waals surface area contributed by atoms with Crippen LogP contribution < -0.4 is 15.5 Å². The van der Waals surface area contributed by atoms with Crippen LogP contribution in [0.2, 0.25) is 0 Å². The lowest BCUT2D eigenvalue weighted by atomic mass is 9.79. The maximum atomic E-state index is 13.7. The van der Waals surface area contributed by atoms with Gasteiger partial charge in [-0.05, 0) is 66.6 Å². The van der Waals surface area contributed by atoms with Gasteiger partial charge in [0.2, 0.25) is 5.91 Å². The maximum absolute atomic E-state index is 13.7. The third-order valence-electron chi connectivity index (χ3n) is 8.25. The van der Waals surface area contributed by atoms with Gasteiger partial charge in [-0.2, -0.15) is 0 Å². The number of anilines is 4. The van der Waals surface area contributed by atoms with Crippen molar-refractivity contribution in [3.8, 4) is 0 Å². The molecule has 0 radical (unpaired) electrons. The van der Waals surface area contributed by atoms with E-state index in [0.717, 1.165) is 47.3 Å². The van der Waals surface area contributed by atoms with Gasteiger partial charge < -0.3 is 15.5 Å². The molecule has 4 heterocycles. The van der Waals surface area contributed by atoms with Crippen LogP contribution in [0.25, 0.3) is 0 Å². The Balaban J connectivity index is 1.14. The summed E-state index contributed by atoms with van der Waals surface area (Å²) >= 11 is 0. The number of carbonyl (C=O) groups is 2. The summed E-state index contributed by atoms with van der Waals surface area (Å²) in [4.78, 5) is 41.7. The van der Waals surface area contributed by atoms with Crippen LogP contribution in [0, 0.1) is 0 Å². The van der Waals surface area contributed by atoms with Gasteiger partial charge in [0.05, 0.1) is 5.41 Å². The molecule has 7 rings (SSSR count). The second-order valence-electron chi connectivity index (χ2n) is 10.6. The van der Waals surface area contributed by atoms with Crippen molar-refractivity contribution in [2.45, 2.75) is 50.5 Å². The number of hydrogen-bond acceptors (Lipinski definition) is 6. The fourth-order valence-corrected chi connectivity index (χ4v) is 6.46. The van der Waals surface area contributed by atoms with Crippen LogP contribution in [-0.4, -0.2) is 32.8 Å². The zero-order valence-corrected chi connectivity index (χ0v) is 21.6. The Labute approximate surface area is 226 Å². The molecule has 8 nitrogen and oxygen atoms in total. The van der Waals surface area contributed by atoms with E-state index in [9.17, 15) is 9.59 Å². The number of benzene rings is 2. The summed E-state index contributed by atoms with van der Waals surface area (Å²) < 4.78 is 0. The zero-order chi connectivity index (χ0) is 26.6. The molecule has 2 amide bonds. The number of para-hydroxylation sites is 1. The minimum Gasteiger partial charge on any atom is -0.340 e. The van der Waals surface area contributed by atoms with Crippen LogP contribution in [0.5, 0.6) is 0 Å². The molecule has 2 unspecified atom stereocenters. The Morgan fingerprint density at radius 2 is 1.90 bits per heavy atom. The minimum absolute atomic E-state index is 0.00530. The average molecular weight is 517 g/mol. The van der Waals surface area contributed by atoms with Gasteiger partial charge in [-0.15, -0.1) is 0 Å². The van der Waals surface area contributed by atoms with E-state index in [2.05, 4.69) is 50.7 Å². The Bertz CT molecular complexity index is 1640. The lowest BCUT2D eigenvalue weighted by molar-refractivity contribution is -0.120. The molecule has 2 atom stereocenters. The van der Waals surface area contributed by atoms with Crippen molar-refractivity contribution in [1.82, 2.24) is 15.0 Å². The predicted octanol–water partition coefficient (Wildman–Crippen LogP) is 4.98. The van der Waals surface area contributed by atoms with E-state index in [1.54, 1.807) is 12.3 Å². The summed E-state index contributed by atoms with van der Waals surface area (Å²) in [5.41, 5.74) is 6.00. The lowest BCUT2D eigenvalue weighted by Gasteiger charge is -2.25. The van der Waals surface area contributed by atoms with Crippen molar-refractivity contribution >= 4 is 34.8 Å². The zero-order valence-electron chi connectivity index (χ0n) is 21.6. The van der Waals surface area contributed by atoms with Crippen LogP contribution in [0.15, 0.2) is 73.2 Å². The van der Waals surface area contributed by atoms with Crippen LogP contribution >= 0.6 is 0 Å². The van der Waals surface area contributed by atoms with Gasteiger partial charge in [0.15, 0.2) is 0 Å². The van der Waals surface area contributed by atoms with Crippen LogP contribution in [-0.2, 0) is 29.5 Å². The van der Waals surface area contributed by atoms with Crippen LogP contribution in [0.1, 0.15) is 52.5 Å². The summed E-state index contributed by atoms with van der Waals surface area (Å²) in [6.07, 6.45) is 7.20. The first-order chi connectivity index (χ1) is 19.1. The van der Waals surface area contributed by atoms with E-state index in [0.29, 0.717) is 30.2 Å². The van der Waals surface area contributed by atoms with E-state index in [4.69, 9.17) is 0 Å². The van der Waals surface area contributed by atoms with Crippen molar-refractivity contribution in [2.75, 3.05) is 15.5 Å². The molecule has 2 aliphatic heterocycles. The molecule has 0 saturated heterocycles. The topological polar surface area (TPSA) is 100 Å². The average Bonchev–Trinajstić information content (AvgIpc) is 3.60. The molecule has 4 aromatic rings. The van der Waals surface area contributed by atoms with Crippen molar-refractivity contribution in [3.63, 3.8) is 0 Å². The highest BCUT2D eigenvalue weighted by Gasteiger charge is 2.51. The third-order valence-corrected chi connectivity index (χ3v) is 8.25. The number of nitrogens with zero attached hydrogens (tertiary/aromatic N) is 4. The second kappa shape index (κ2) is 9.01. The lowest BCUT2D eigenvalue weighted by Crippen LogP contribution is -2.38. The fraction of sp³-hybridized carbons (Fsp3) is 0.258. The SMILES string of the molecule is CCCC1Cc2ccccc2N1C(=O)c1cc(Nc2ccc3c(c2)CC2(C3)C(=O)Nc3ncccc32)ncn1. The van der Waals surface area contributed by atoms with E-state index >= 15 is 0 Å². The molecule has 2 aromatic heterocycles. The monoisotopic (exact) mass is 516 g/mol. The summed E-state index contributed by atoms with van der Waals surface area (Å²) in [6, 6.07) is 20.0. The largest absolute Gasteiger partial charge is 0.340 e. The Morgan fingerprint density at radius 3 is 2.79 bits per heavy atom. The number of amides is 2. The maximum Gasteiger partial charge on any atom is 0.277 e. The van der Waals surface area contributed by atoms with Crippen molar-refractivity contribution in [1.29, 1.82) is 0 Å². The first-order valence-corrected chi connectivity index (χ1v) is 13.4. The Hall–Kier alpha value is -4.59. The first kappa shape index (κ1) is 23.5. The van der Waals surface area contributed by atoms with Gasteiger partial charge in [-0.3, -0.25) is 9.59 Å². The Morgan fingerprint density at radius 1 is 1.03 bits per heavy atom. The number of aromatic nitrogens is 3. The molecule has 1 aliphatic carbocycles. The molecule has 0 bridgehead atoms. The minimum atomic E-state index is -0.611. The highest BCUT2D eigenvalue weighted by atomic mass is 16.2. The highest BCUT2D eigenvalue weighted by Crippen LogP contribution is 2.47. The van der Waals surface area contributed by atoms with Crippen molar-refractivity contribution < 1.29 is 9.59 Å². The standard InChI is InChI=1S/C31H28N6O2/c1-2-6-23-14-19-7-3-4-9-26(19)37(23)29(38)25-15-27(34-18-33-25)35-22-11-10-20-16-31(17-21(20)13-22)24-8-5-12-32-28(24)36-30(31)39/h3-5,7-13,15,18,23H,2,6,14,16-17H2,1H3,(H,32,36,39)(H,33,34,35). The Kier molecular flexibility index (Phi) is 5.43. The molecule has 39 heavy (non-hydrogen) atoms. The number of rotatable bonds is 5. The molecular formula is C31H28N6O2. The van der Waals surface area contributed by atoms with Gasteiger partial charge in [-0.1, -0.05) is 43.7 Å². The van der Waals surface area contributed by atoms with Crippen LogP contribution in [0.3, 0.4) is 0 Å². The van der Waals surface area contributed by atoms with Gasteiger partial charge in [0.25, 0.3) is 5.91 Å². The van der Waals surface area contributed by atoms with Crippen molar-refractivity contribution in [3.05, 3.63) is 101 Å². The molecule has 2 N–H and O–H groups in total. The highest BCUT2D eigenvalue weighted by molar-refractivity contribution is 6.07. The third kappa shape index (κ3) is 3.78. The molecular weight excluding hydrogens is 488 g/mol. The number of nitrogens with one attached hydrogen (secondary N) is 2. The number of carbonyl (C=O) groups excluding carboxylic acids is 2. The van der Waals surface area contributed by atoms with Gasteiger partial charge in [0.1, 0.15) is 23.7 Å². The number of fused-ring (bicyclic) bond motifs is 4. The molecule has 1 spiro atoms. The van der Waals surface area contributed by atoms with E-state index in [1.165, 1.54) is 11.9 Å². The molecule has 194 valence electrons. The van der Waals surface area contributed by atoms with Crippen LogP contribution in [0.4, 0.5) is 23.0 Å². The normalized spacial score (nSPS) is 20.5.